The van der Waals surface area contributed by atoms with Crippen LogP contribution < -0.4 is 5.73 Å². The van der Waals surface area contributed by atoms with E-state index in [1.165, 1.54) is 0 Å². The van der Waals surface area contributed by atoms with Crippen LogP contribution in [0.25, 0.3) is 0 Å². The minimum atomic E-state index is -0.0473. The number of aromatic nitrogens is 2. The molecular weight excluding hydrogens is 262 g/mol. The molecule has 0 amide bonds. The number of aryl methyl sites for hydroxylation is 1. The largest absolute Gasteiger partial charge is 0.322 e. The van der Waals surface area contributed by atoms with Crippen molar-refractivity contribution in [1.29, 1.82) is 0 Å². The van der Waals surface area contributed by atoms with Crippen LogP contribution >= 0.6 is 22.7 Å². The highest BCUT2D eigenvalue weighted by Gasteiger charge is 2.19. The second-order valence-electron chi connectivity index (χ2n) is 5.48. The van der Waals surface area contributed by atoms with Crippen molar-refractivity contribution in [2.24, 2.45) is 5.73 Å². The molecule has 0 bridgehead atoms. The molecule has 0 saturated carbocycles. The lowest BCUT2D eigenvalue weighted by Crippen LogP contribution is -2.15. The van der Waals surface area contributed by atoms with Crippen LogP contribution in [0.4, 0.5) is 0 Å². The molecule has 0 aromatic carbocycles. The summed E-state index contributed by atoms with van der Waals surface area (Å²) < 4.78 is 0. The Morgan fingerprint density at radius 1 is 1.22 bits per heavy atom. The molecule has 2 aromatic heterocycles. The number of nitrogens with two attached hydrogens (primary N) is 1. The molecule has 5 heteroatoms. The van der Waals surface area contributed by atoms with Crippen molar-refractivity contribution in [3.05, 3.63) is 32.2 Å². The van der Waals surface area contributed by atoms with Crippen LogP contribution in [0.3, 0.4) is 0 Å². The van der Waals surface area contributed by atoms with Crippen LogP contribution in [0.15, 0.2) is 10.8 Å². The lowest BCUT2D eigenvalue weighted by Gasteiger charge is -2.14. The molecule has 2 rings (SSSR count). The number of thiazole rings is 2. The molecule has 2 heterocycles. The highest BCUT2D eigenvalue weighted by Crippen LogP contribution is 2.26. The van der Waals surface area contributed by atoms with Gasteiger partial charge in [-0.1, -0.05) is 20.8 Å². The van der Waals surface area contributed by atoms with Gasteiger partial charge < -0.3 is 5.73 Å². The molecule has 2 aromatic rings. The third kappa shape index (κ3) is 3.16. The molecule has 3 nitrogen and oxygen atoms in total. The van der Waals surface area contributed by atoms with Crippen molar-refractivity contribution >= 4 is 22.7 Å². The fourth-order valence-electron chi connectivity index (χ4n) is 1.59. The predicted octanol–water partition coefficient (Wildman–Crippen LogP) is 3.45. The van der Waals surface area contributed by atoms with E-state index in [1.807, 2.05) is 12.3 Å². The summed E-state index contributed by atoms with van der Waals surface area (Å²) in [4.78, 5) is 9.10. The van der Waals surface area contributed by atoms with Crippen LogP contribution in [0.2, 0.25) is 0 Å². The van der Waals surface area contributed by atoms with Crippen LogP contribution in [-0.4, -0.2) is 9.97 Å². The van der Waals surface area contributed by atoms with Crippen molar-refractivity contribution in [1.82, 2.24) is 9.97 Å². The van der Waals surface area contributed by atoms with Gasteiger partial charge in [-0.15, -0.1) is 22.7 Å². The van der Waals surface area contributed by atoms with Gasteiger partial charge in [-0.25, -0.2) is 9.97 Å². The molecule has 0 saturated heterocycles. The molecule has 0 aliphatic heterocycles. The summed E-state index contributed by atoms with van der Waals surface area (Å²) in [5, 5.41) is 6.33. The van der Waals surface area contributed by atoms with E-state index in [2.05, 4.69) is 36.1 Å². The highest BCUT2D eigenvalue weighted by molar-refractivity contribution is 7.10. The second-order valence-corrected chi connectivity index (χ2v) is 7.48. The fourth-order valence-corrected chi connectivity index (χ4v) is 3.35. The summed E-state index contributed by atoms with van der Waals surface area (Å²) in [6.45, 7) is 8.53. The molecule has 0 aliphatic carbocycles. The first-order chi connectivity index (χ1) is 8.36. The monoisotopic (exact) mass is 281 g/mol. The fraction of sp³-hybridized carbons (Fsp3) is 0.538. The molecular formula is C13H19N3S2. The smallest absolute Gasteiger partial charge is 0.0948 e. The van der Waals surface area contributed by atoms with Gasteiger partial charge in [0.25, 0.3) is 0 Å². The van der Waals surface area contributed by atoms with E-state index in [-0.39, 0.29) is 11.5 Å². The Labute approximate surface area is 116 Å². The minimum Gasteiger partial charge on any atom is -0.322 e. The summed E-state index contributed by atoms with van der Waals surface area (Å²) in [5.41, 5.74) is 8.40. The lowest BCUT2D eigenvalue weighted by atomic mass is 9.93. The van der Waals surface area contributed by atoms with E-state index in [0.29, 0.717) is 0 Å². The Morgan fingerprint density at radius 3 is 2.44 bits per heavy atom. The van der Waals surface area contributed by atoms with Crippen LogP contribution in [-0.2, 0) is 11.8 Å². The lowest BCUT2D eigenvalue weighted by molar-refractivity contribution is 0.568. The zero-order chi connectivity index (χ0) is 13.3. The molecule has 0 fully saturated rings. The maximum atomic E-state index is 6.17. The van der Waals surface area contributed by atoms with E-state index in [9.17, 15) is 0 Å². The first-order valence-corrected chi connectivity index (χ1v) is 7.74. The first kappa shape index (κ1) is 13.6. The molecule has 0 spiro atoms. The third-order valence-corrected chi connectivity index (χ3v) is 4.39. The molecule has 18 heavy (non-hydrogen) atoms. The van der Waals surface area contributed by atoms with E-state index in [4.69, 9.17) is 5.73 Å². The number of nitrogens with zero attached hydrogens (tertiary/aromatic N) is 2. The predicted molar refractivity (Wildman–Crippen MR) is 78.3 cm³/mol. The van der Waals surface area contributed by atoms with E-state index < -0.39 is 0 Å². The van der Waals surface area contributed by atoms with Gasteiger partial charge in [-0.05, 0) is 6.92 Å². The number of rotatable bonds is 3. The van der Waals surface area contributed by atoms with Crippen molar-refractivity contribution in [3.8, 4) is 0 Å². The summed E-state index contributed by atoms with van der Waals surface area (Å²) in [7, 11) is 0. The molecule has 1 unspecified atom stereocenters. The molecule has 0 radical (unpaired) electrons. The Kier molecular flexibility index (Phi) is 3.84. The zero-order valence-corrected chi connectivity index (χ0v) is 12.9. The average Bonchev–Trinajstić information content (AvgIpc) is 2.85. The quantitative estimate of drug-likeness (QED) is 0.937. The van der Waals surface area contributed by atoms with E-state index >= 15 is 0 Å². The van der Waals surface area contributed by atoms with Crippen molar-refractivity contribution in [3.63, 3.8) is 0 Å². The van der Waals surface area contributed by atoms with Gasteiger partial charge in [-0.3, -0.25) is 0 Å². The van der Waals surface area contributed by atoms with Gasteiger partial charge in [0.05, 0.1) is 27.4 Å². The third-order valence-electron chi connectivity index (χ3n) is 2.73. The topological polar surface area (TPSA) is 51.8 Å². The molecule has 1 atom stereocenters. The van der Waals surface area contributed by atoms with Crippen LogP contribution in [0.1, 0.15) is 48.2 Å². The van der Waals surface area contributed by atoms with Gasteiger partial charge in [0.1, 0.15) is 0 Å². The molecule has 98 valence electrons. The minimum absolute atomic E-state index is 0.0473. The summed E-state index contributed by atoms with van der Waals surface area (Å²) in [6.07, 6.45) is 0.768. The van der Waals surface area contributed by atoms with Gasteiger partial charge >= 0.3 is 0 Å². The summed E-state index contributed by atoms with van der Waals surface area (Å²) in [5.74, 6) is 0. The Bertz CT molecular complexity index is 522. The maximum Gasteiger partial charge on any atom is 0.0948 e. The zero-order valence-electron chi connectivity index (χ0n) is 11.2. The summed E-state index contributed by atoms with van der Waals surface area (Å²) in [6, 6.07) is -0.0473. The molecule has 2 N–H and O–H groups in total. The average molecular weight is 281 g/mol. The SMILES string of the molecule is Cc1nc(C(N)Cc2nc(C(C)(C)C)cs2)cs1. The Balaban J connectivity index is 2.08. The van der Waals surface area contributed by atoms with Gasteiger partial charge in [0.2, 0.25) is 0 Å². The highest BCUT2D eigenvalue weighted by atomic mass is 32.1. The second kappa shape index (κ2) is 5.07. The number of hydrogen-bond acceptors (Lipinski definition) is 5. The Morgan fingerprint density at radius 2 is 1.94 bits per heavy atom. The van der Waals surface area contributed by atoms with Crippen LogP contribution in [0, 0.1) is 6.92 Å². The van der Waals surface area contributed by atoms with Gasteiger partial charge in [-0.2, -0.15) is 0 Å². The van der Waals surface area contributed by atoms with Gasteiger partial charge in [0, 0.05) is 22.6 Å². The maximum absolute atomic E-state index is 6.17. The Hall–Kier alpha value is -0.780. The van der Waals surface area contributed by atoms with Gasteiger partial charge in [0.15, 0.2) is 0 Å². The standard InChI is InChI=1S/C13H19N3S2/c1-8-15-10(6-17-8)9(14)5-12-16-11(7-18-12)13(2,3)4/h6-7,9H,5,14H2,1-4H3. The van der Waals surface area contributed by atoms with Crippen LogP contribution in [0.5, 0.6) is 0 Å². The van der Waals surface area contributed by atoms with E-state index in [1.54, 1.807) is 22.7 Å². The van der Waals surface area contributed by atoms with Crippen molar-refractivity contribution in [2.45, 2.75) is 45.6 Å². The first-order valence-electron chi connectivity index (χ1n) is 5.99. The van der Waals surface area contributed by atoms with E-state index in [0.717, 1.165) is 27.8 Å². The number of hydrogen-bond donors (Lipinski definition) is 1. The molecule has 0 aliphatic rings. The normalized spacial score (nSPS) is 13.8. The summed E-state index contributed by atoms with van der Waals surface area (Å²) >= 11 is 3.34. The van der Waals surface area contributed by atoms with Crippen molar-refractivity contribution < 1.29 is 0 Å². The van der Waals surface area contributed by atoms with Crippen molar-refractivity contribution in [2.75, 3.05) is 0 Å².